The van der Waals surface area contributed by atoms with E-state index in [9.17, 15) is 10.2 Å². The molecule has 4 nitrogen and oxygen atoms in total. The highest BCUT2D eigenvalue weighted by atomic mass is 32.2. The van der Waals surface area contributed by atoms with Crippen LogP contribution in [0.1, 0.15) is 11.1 Å². The molecule has 0 aliphatic heterocycles. The normalized spacial score (nSPS) is 13.1. The lowest BCUT2D eigenvalue weighted by atomic mass is 10.1. The number of aliphatic hydroxyl groups is 2. The average Bonchev–Trinajstić information content (AvgIpc) is 2.83. The van der Waals surface area contributed by atoms with Crippen LogP contribution in [0.2, 0.25) is 0 Å². The minimum atomic E-state index is -0.512. The number of thioether (sulfide) groups is 2. The van der Waals surface area contributed by atoms with E-state index in [1.54, 1.807) is 23.5 Å². The van der Waals surface area contributed by atoms with Crippen molar-refractivity contribution in [2.45, 2.75) is 35.2 Å². The fourth-order valence-electron chi connectivity index (χ4n) is 2.95. The molecule has 0 aliphatic rings. The van der Waals surface area contributed by atoms with Crippen molar-refractivity contribution in [1.82, 2.24) is 0 Å². The summed E-state index contributed by atoms with van der Waals surface area (Å²) in [5.74, 6) is 1.20. The summed E-state index contributed by atoms with van der Waals surface area (Å²) in [7, 11) is 0. The maximum Gasteiger partial charge on any atom is 0.0867 e. The van der Waals surface area contributed by atoms with E-state index in [4.69, 9.17) is 9.47 Å². The van der Waals surface area contributed by atoms with Crippen LogP contribution in [-0.4, -0.2) is 47.1 Å². The van der Waals surface area contributed by atoms with Gasteiger partial charge < -0.3 is 19.7 Å². The van der Waals surface area contributed by atoms with Crippen molar-refractivity contribution in [3.63, 3.8) is 0 Å². The Labute approximate surface area is 199 Å². The van der Waals surface area contributed by atoms with Gasteiger partial charge in [0.15, 0.2) is 0 Å². The van der Waals surface area contributed by atoms with E-state index in [1.165, 1.54) is 0 Å². The number of aliphatic hydroxyl groups excluding tert-OH is 2. The zero-order chi connectivity index (χ0) is 22.4. The summed E-state index contributed by atoms with van der Waals surface area (Å²) in [4.78, 5) is 2.28. The molecule has 0 amide bonds. The van der Waals surface area contributed by atoms with Gasteiger partial charge in [-0.3, -0.25) is 0 Å². The van der Waals surface area contributed by atoms with E-state index in [0.29, 0.717) is 37.9 Å². The molecule has 0 radical (unpaired) electrons. The molecule has 0 aromatic heterocycles. The van der Waals surface area contributed by atoms with Crippen molar-refractivity contribution >= 4 is 23.5 Å². The maximum atomic E-state index is 10.1. The zero-order valence-corrected chi connectivity index (χ0v) is 19.6. The minimum absolute atomic E-state index is 0.297. The van der Waals surface area contributed by atoms with Crippen LogP contribution in [0.5, 0.6) is 0 Å². The highest BCUT2D eigenvalue weighted by Crippen LogP contribution is 2.19. The van der Waals surface area contributed by atoms with Crippen LogP contribution in [0.15, 0.2) is 94.7 Å². The number of hydrogen-bond donors (Lipinski definition) is 2. The van der Waals surface area contributed by atoms with Gasteiger partial charge in [0.1, 0.15) is 0 Å². The number of ether oxygens (including phenoxy) is 2. The van der Waals surface area contributed by atoms with E-state index in [-0.39, 0.29) is 0 Å². The van der Waals surface area contributed by atoms with E-state index in [0.717, 1.165) is 20.9 Å². The molecule has 32 heavy (non-hydrogen) atoms. The smallest absolute Gasteiger partial charge is 0.0867 e. The van der Waals surface area contributed by atoms with Crippen molar-refractivity contribution in [3.8, 4) is 0 Å². The number of hydrogen-bond acceptors (Lipinski definition) is 6. The first-order valence-corrected chi connectivity index (χ1v) is 12.6. The second-order valence-electron chi connectivity index (χ2n) is 7.41. The summed E-state index contributed by atoms with van der Waals surface area (Å²) in [5, 5.41) is 20.3. The molecule has 2 N–H and O–H groups in total. The second-order valence-corrected chi connectivity index (χ2v) is 9.59. The number of rotatable bonds is 14. The van der Waals surface area contributed by atoms with Crippen LogP contribution in [0.25, 0.3) is 0 Å². The third-order valence-electron chi connectivity index (χ3n) is 4.52. The second kappa shape index (κ2) is 14.4. The Kier molecular flexibility index (Phi) is 11.2. The highest BCUT2D eigenvalue weighted by molar-refractivity contribution is 7.99. The topological polar surface area (TPSA) is 58.9 Å². The van der Waals surface area contributed by atoms with Gasteiger partial charge in [-0.2, -0.15) is 0 Å². The quantitative estimate of drug-likeness (QED) is 0.323. The van der Waals surface area contributed by atoms with E-state index < -0.39 is 12.2 Å². The lowest BCUT2D eigenvalue weighted by molar-refractivity contribution is 0.0377. The third kappa shape index (κ3) is 9.77. The van der Waals surface area contributed by atoms with Crippen LogP contribution in [0, 0.1) is 0 Å². The van der Waals surface area contributed by atoms with Crippen LogP contribution in [0.3, 0.4) is 0 Å². The van der Waals surface area contributed by atoms with Crippen molar-refractivity contribution in [2.75, 3.05) is 24.7 Å². The van der Waals surface area contributed by atoms with Crippen LogP contribution >= 0.6 is 23.5 Å². The first kappa shape index (κ1) is 24.8. The highest BCUT2D eigenvalue weighted by Gasteiger charge is 2.08. The molecule has 170 valence electrons. The molecule has 2 atom stereocenters. The predicted octanol–water partition coefficient (Wildman–Crippen LogP) is 5.03. The third-order valence-corrected chi connectivity index (χ3v) is 6.83. The van der Waals surface area contributed by atoms with Gasteiger partial charge >= 0.3 is 0 Å². The Morgan fingerprint density at radius 2 is 1.03 bits per heavy atom. The van der Waals surface area contributed by atoms with Gasteiger partial charge in [0.2, 0.25) is 0 Å². The SMILES string of the molecule is OC(COCc1cccc(COCC(O)CSc2ccccc2)c1)CSc1ccccc1. The standard InChI is InChI=1S/C26H30O4S2/c27-23(19-31-25-10-3-1-4-11-25)17-29-15-21-8-7-9-22(14-21)16-30-18-24(28)20-32-26-12-5-2-6-13-26/h1-14,23-24,27-28H,15-20H2. The van der Waals surface area contributed by atoms with Gasteiger partial charge in [-0.15, -0.1) is 23.5 Å². The van der Waals surface area contributed by atoms with Gasteiger partial charge in [0.05, 0.1) is 38.6 Å². The molecular weight excluding hydrogens is 440 g/mol. The van der Waals surface area contributed by atoms with Gasteiger partial charge in [0, 0.05) is 21.3 Å². The molecule has 0 fully saturated rings. The summed E-state index contributed by atoms with van der Waals surface area (Å²) < 4.78 is 11.4. The lowest BCUT2D eigenvalue weighted by Gasteiger charge is -2.13. The van der Waals surface area contributed by atoms with Crippen molar-refractivity contribution in [3.05, 3.63) is 96.1 Å². The minimum Gasteiger partial charge on any atom is -0.390 e. The fraction of sp³-hybridized carbons (Fsp3) is 0.308. The van der Waals surface area contributed by atoms with Crippen molar-refractivity contribution in [1.29, 1.82) is 0 Å². The molecule has 0 spiro atoms. The molecule has 2 unspecified atom stereocenters. The molecule has 0 saturated heterocycles. The Bertz CT molecular complexity index is 822. The summed E-state index contributed by atoms with van der Waals surface area (Å²) in [6.07, 6.45) is -1.02. The monoisotopic (exact) mass is 470 g/mol. The summed E-state index contributed by atoms with van der Waals surface area (Å²) >= 11 is 3.24. The molecule has 3 aromatic rings. The van der Waals surface area contributed by atoms with Gasteiger partial charge in [-0.25, -0.2) is 0 Å². The average molecular weight is 471 g/mol. The van der Waals surface area contributed by atoms with E-state index >= 15 is 0 Å². The Hall–Kier alpha value is -1.80. The number of benzene rings is 3. The van der Waals surface area contributed by atoms with Crippen LogP contribution in [-0.2, 0) is 22.7 Å². The summed E-state index contributed by atoms with van der Waals surface area (Å²) in [6.45, 7) is 1.48. The molecule has 0 bridgehead atoms. The first-order valence-electron chi connectivity index (χ1n) is 10.6. The van der Waals surface area contributed by atoms with E-state index in [1.807, 2.05) is 84.9 Å². The predicted molar refractivity (Wildman–Crippen MR) is 132 cm³/mol. The van der Waals surface area contributed by atoms with Gasteiger partial charge in [-0.05, 0) is 35.4 Å². The fourth-order valence-corrected chi connectivity index (χ4v) is 4.61. The molecule has 3 aromatic carbocycles. The molecule has 0 heterocycles. The lowest BCUT2D eigenvalue weighted by Crippen LogP contribution is -2.18. The molecule has 0 saturated carbocycles. The van der Waals surface area contributed by atoms with Crippen molar-refractivity contribution in [2.24, 2.45) is 0 Å². The largest absolute Gasteiger partial charge is 0.390 e. The Balaban J connectivity index is 1.30. The summed E-state index contributed by atoms with van der Waals surface area (Å²) in [6, 6.07) is 28.1. The molecular formula is C26H30O4S2. The first-order chi connectivity index (χ1) is 15.7. The van der Waals surface area contributed by atoms with Crippen molar-refractivity contribution < 1.29 is 19.7 Å². The molecule has 0 aliphatic carbocycles. The Morgan fingerprint density at radius 1 is 0.594 bits per heavy atom. The zero-order valence-electron chi connectivity index (χ0n) is 18.0. The maximum absolute atomic E-state index is 10.1. The summed E-state index contributed by atoms with van der Waals surface area (Å²) in [5.41, 5.74) is 2.07. The Morgan fingerprint density at radius 3 is 1.47 bits per heavy atom. The molecule has 6 heteroatoms. The molecule has 3 rings (SSSR count). The van der Waals surface area contributed by atoms with Crippen LogP contribution < -0.4 is 0 Å². The van der Waals surface area contributed by atoms with E-state index in [2.05, 4.69) is 0 Å². The van der Waals surface area contributed by atoms with Gasteiger partial charge in [-0.1, -0.05) is 60.7 Å². The van der Waals surface area contributed by atoms with Gasteiger partial charge in [0.25, 0.3) is 0 Å². The van der Waals surface area contributed by atoms with Crippen LogP contribution in [0.4, 0.5) is 0 Å².